The first kappa shape index (κ1) is 11.3. The molecule has 2 aromatic rings. The molecule has 0 aliphatic carbocycles. The molecular formula is C11H13BrN4. The number of imidazole rings is 1. The summed E-state index contributed by atoms with van der Waals surface area (Å²) < 4.78 is 2.95. The lowest BCUT2D eigenvalue weighted by Crippen LogP contribution is -2.10. The molecule has 16 heavy (non-hydrogen) atoms. The minimum absolute atomic E-state index is 0.750. The number of aromatic nitrogens is 3. The SMILES string of the molecule is CNCc1nc(Br)c(-c2ccncc2)n1C. The standard InChI is InChI=1S/C11H13BrN4/c1-13-7-9-15-11(12)10(16(9)2)8-3-5-14-6-4-8/h3-6,13H,7H2,1-2H3. The third-order valence-electron chi connectivity index (χ3n) is 2.43. The summed E-state index contributed by atoms with van der Waals surface area (Å²) in [6.45, 7) is 0.750. The Bertz CT molecular complexity index is 478. The molecule has 0 saturated carbocycles. The minimum atomic E-state index is 0.750. The molecule has 0 saturated heterocycles. The average molecular weight is 281 g/mol. The quantitative estimate of drug-likeness (QED) is 0.935. The Balaban J connectivity index is 2.49. The van der Waals surface area contributed by atoms with Crippen LogP contribution in [0.3, 0.4) is 0 Å². The van der Waals surface area contributed by atoms with E-state index in [9.17, 15) is 0 Å². The van der Waals surface area contributed by atoms with Gasteiger partial charge in [0.1, 0.15) is 10.4 Å². The predicted octanol–water partition coefficient (Wildman–Crippen LogP) is 1.96. The highest BCUT2D eigenvalue weighted by Crippen LogP contribution is 2.27. The van der Waals surface area contributed by atoms with Crippen molar-refractivity contribution in [2.75, 3.05) is 7.05 Å². The summed E-state index contributed by atoms with van der Waals surface area (Å²) in [5.74, 6) is 1.00. The van der Waals surface area contributed by atoms with E-state index < -0.39 is 0 Å². The highest BCUT2D eigenvalue weighted by molar-refractivity contribution is 9.10. The molecule has 5 heteroatoms. The van der Waals surface area contributed by atoms with Crippen LogP contribution in [0.25, 0.3) is 11.3 Å². The van der Waals surface area contributed by atoms with Crippen LogP contribution in [0.2, 0.25) is 0 Å². The molecule has 1 N–H and O–H groups in total. The van der Waals surface area contributed by atoms with Crippen LogP contribution in [0, 0.1) is 0 Å². The fourth-order valence-electron chi connectivity index (χ4n) is 1.65. The van der Waals surface area contributed by atoms with Crippen LogP contribution in [-0.2, 0) is 13.6 Å². The van der Waals surface area contributed by atoms with E-state index in [1.807, 2.05) is 26.2 Å². The second-order valence-corrected chi connectivity index (χ2v) is 4.24. The van der Waals surface area contributed by atoms with Gasteiger partial charge in [-0.25, -0.2) is 4.98 Å². The van der Waals surface area contributed by atoms with Crippen molar-refractivity contribution in [3.05, 3.63) is 35.0 Å². The number of nitrogens with one attached hydrogen (secondary N) is 1. The molecule has 2 rings (SSSR count). The first-order valence-corrected chi connectivity index (χ1v) is 5.79. The summed E-state index contributed by atoms with van der Waals surface area (Å²) in [6, 6.07) is 3.95. The molecule has 0 atom stereocenters. The van der Waals surface area contributed by atoms with Crippen LogP contribution in [0.15, 0.2) is 29.1 Å². The molecule has 0 spiro atoms. The van der Waals surface area contributed by atoms with Gasteiger partial charge in [-0.1, -0.05) is 0 Å². The van der Waals surface area contributed by atoms with Crippen LogP contribution >= 0.6 is 15.9 Å². The van der Waals surface area contributed by atoms with Gasteiger partial charge in [0.05, 0.1) is 12.2 Å². The van der Waals surface area contributed by atoms with Crippen molar-refractivity contribution in [3.8, 4) is 11.3 Å². The smallest absolute Gasteiger partial charge is 0.132 e. The minimum Gasteiger partial charge on any atom is -0.329 e. The highest BCUT2D eigenvalue weighted by atomic mass is 79.9. The van der Waals surface area contributed by atoms with E-state index in [0.717, 1.165) is 28.2 Å². The topological polar surface area (TPSA) is 42.7 Å². The zero-order valence-corrected chi connectivity index (χ0v) is 10.8. The van der Waals surface area contributed by atoms with E-state index in [1.54, 1.807) is 12.4 Å². The molecule has 0 bridgehead atoms. The van der Waals surface area contributed by atoms with Crippen LogP contribution < -0.4 is 5.32 Å². The lowest BCUT2D eigenvalue weighted by molar-refractivity contribution is 0.712. The van der Waals surface area contributed by atoms with E-state index in [2.05, 4.69) is 35.8 Å². The molecule has 0 aromatic carbocycles. The Morgan fingerprint density at radius 1 is 1.38 bits per heavy atom. The van der Waals surface area contributed by atoms with Gasteiger partial charge in [0.2, 0.25) is 0 Å². The Morgan fingerprint density at radius 3 is 2.69 bits per heavy atom. The zero-order valence-electron chi connectivity index (χ0n) is 9.24. The van der Waals surface area contributed by atoms with Crippen LogP contribution in [0.5, 0.6) is 0 Å². The lowest BCUT2D eigenvalue weighted by Gasteiger charge is -2.05. The van der Waals surface area contributed by atoms with E-state index in [4.69, 9.17) is 0 Å². The predicted molar refractivity (Wildman–Crippen MR) is 66.9 cm³/mol. The summed E-state index contributed by atoms with van der Waals surface area (Å²) in [7, 11) is 3.93. The molecule has 4 nitrogen and oxygen atoms in total. The molecule has 0 radical (unpaired) electrons. The third kappa shape index (κ3) is 2.01. The number of hydrogen-bond acceptors (Lipinski definition) is 3. The maximum absolute atomic E-state index is 4.47. The van der Waals surface area contributed by atoms with Crippen LogP contribution in [-0.4, -0.2) is 21.6 Å². The average Bonchev–Trinajstić information content (AvgIpc) is 2.56. The summed E-state index contributed by atoms with van der Waals surface area (Å²) in [4.78, 5) is 8.49. The maximum atomic E-state index is 4.47. The summed E-state index contributed by atoms with van der Waals surface area (Å²) >= 11 is 3.49. The summed E-state index contributed by atoms with van der Waals surface area (Å²) in [5, 5.41) is 3.10. The van der Waals surface area contributed by atoms with Crippen molar-refractivity contribution in [2.45, 2.75) is 6.54 Å². The number of nitrogens with zero attached hydrogens (tertiary/aromatic N) is 3. The van der Waals surface area contributed by atoms with E-state index >= 15 is 0 Å². The van der Waals surface area contributed by atoms with Gasteiger partial charge in [-0.2, -0.15) is 0 Å². The molecule has 84 valence electrons. The first-order valence-electron chi connectivity index (χ1n) is 5.00. The molecule has 2 heterocycles. The lowest BCUT2D eigenvalue weighted by atomic mass is 10.2. The van der Waals surface area contributed by atoms with Crippen molar-refractivity contribution >= 4 is 15.9 Å². The number of pyridine rings is 1. The number of rotatable bonds is 3. The zero-order chi connectivity index (χ0) is 11.5. The molecule has 0 fully saturated rings. The first-order chi connectivity index (χ1) is 7.74. The van der Waals surface area contributed by atoms with Crippen molar-refractivity contribution < 1.29 is 0 Å². The van der Waals surface area contributed by atoms with Crippen LogP contribution in [0.1, 0.15) is 5.82 Å². The Kier molecular flexibility index (Phi) is 3.36. The van der Waals surface area contributed by atoms with Gasteiger partial charge in [0.25, 0.3) is 0 Å². The largest absolute Gasteiger partial charge is 0.329 e. The molecular weight excluding hydrogens is 268 g/mol. The van der Waals surface area contributed by atoms with Gasteiger partial charge < -0.3 is 9.88 Å². The van der Waals surface area contributed by atoms with Crippen molar-refractivity contribution in [2.24, 2.45) is 7.05 Å². The normalized spacial score (nSPS) is 10.7. The molecule has 0 amide bonds. The van der Waals surface area contributed by atoms with Crippen molar-refractivity contribution in [3.63, 3.8) is 0 Å². The molecule has 0 aliphatic rings. The summed E-state index contributed by atoms with van der Waals surface area (Å²) in [6.07, 6.45) is 3.57. The molecule has 0 unspecified atom stereocenters. The summed E-state index contributed by atoms with van der Waals surface area (Å²) in [5.41, 5.74) is 2.19. The monoisotopic (exact) mass is 280 g/mol. The number of halogens is 1. The second-order valence-electron chi connectivity index (χ2n) is 3.49. The number of hydrogen-bond donors (Lipinski definition) is 1. The molecule has 0 aliphatic heterocycles. The van der Waals surface area contributed by atoms with Gasteiger partial charge in [0, 0.05) is 25.0 Å². The maximum Gasteiger partial charge on any atom is 0.132 e. The van der Waals surface area contributed by atoms with Crippen molar-refractivity contribution in [1.29, 1.82) is 0 Å². The van der Waals surface area contributed by atoms with E-state index in [0.29, 0.717) is 0 Å². The fraction of sp³-hybridized carbons (Fsp3) is 0.273. The third-order valence-corrected chi connectivity index (χ3v) is 2.99. The van der Waals surface area contributed by atoms with Gasteiger partial charge >= 0.3 is 0 Å². The fourth-order valence-corrected chi connectivity index (χ4v) is 2.35. The molecule has 2 aromatic heterocycles. The van der Waals surface area contributed by atoms with E-state index in [1.165, 1.54) is 0 Å². The Hall–Kier alpha value is -1.20. The van der Waals surface area contributed by atoms with E-state index in [-0.39, 0.29) is 0 Å². The van der Waals surface area contributed by atoms with Crippen molar-refractivity contribution in [1.82, 2.24) is 19.9 Å². The van der Waals surface area contributed by atoms with Gasteiger partial charge in [-0.15, -0.1) is 0 Å². The van der Waals surface area contributed by atoms with Crippen LogP contribution in [0.4, 0.5) is 0 Å². The Labute approximate surface area is 103 Å². The highest BCUT2D eigenvalue weighted by Gasteiger charge is 2.13. The Morgan fingerprint density at radius 2 is 2.06 bits per heavy atom. The second kappa shape index (κ2) is 4.76. The van der Waals surface area contributed by atoms with Gasteiger partial charge in [0.15, 0.2) is 0 Å². The van der Waals surface area contributed by atoms with Gasteiger partial charge in [-0.3, -0.25) is 4.98 Å². The van der Waals surface area contributed by atoms with Gasteiger partial charge in [-0.05, 0) is 35.1 Å².